The van der Waals surface area contributed by atoms with Crippen molar-refractivity contribution in [2.24, 2.45) is 0 Å². The zero-order chi connectivity index (χ0) is 15.9. The smallest absolute Gasteiger partial charge is 0.261 e. The Morgan fingerprint density at radius 1 is 1.14 bits per heavy atom. The number of sulfonamides is 1. The number of hydrogen-bond donors (Lipinski definition) is 2. The maximum Gasteiger partial charge on any atom is 0.261 e. The Hall–Kier alpha value is -1.77. The minimum Gasteiger partial charge on any atom is -0.317 e. The van der Waals surface area contributed by atoms with E-state index in [2.05, 4.69) is 10.0 Å². The van der Waals surface area contributed by atoms with Crippen molar-refractivity contribution in [3.63, 3.8) is 0 Å². The average Bonchev–Trinajstić information content (AvgIpc) is 2.72. The maximum atomic E-state index is 12.4. The molecular weight excluding hydrogens is 306 g/mol. The van der Waals surface area contributed by atoms with Gasteiger partial charge in [0, 0.05) is 13.1 Å². The molecule has 1 fully saturated rings. The highest BCUT2D eigenvalue weighted by molar-refractivity contribution is 7.89. The molecule has 2 N–H and O–H groups in total. The highest BCUT2D eigenvalue weighted by atomic mass is 32.2. The number of nitrogens with one attached hydrogen (secondary N) is 2. The number of amides is 2. The molecule has 2 aliphatic heterocycles. The first-order chi connectivity index (χ1) is 10.4. The van der Waals surface area contributed by atoms with E-state index in [4.69, 9.17) is 0 Å². The normalized spacial score (nSPS) is 19.6. The summed E-state index contributed by atoms with van der Waals surface area (Å²) in [6.45, 7) is 1.55. The molecule has 3 rings (SSSR count). The molecule has 1 saturated heterocycles. The Labute approximate surface area is 128 Å². The Morgan fingerprint density at radius 2 is 1.77 bits per heavy atom. The SMILES string of the molecule is CN1C(=O)c2ccc(S(=O)(=O)NC3CCNCC3)cc2C1=O. The molecule has 0 aromatic heterocycles. The van der Waals surface area contributed by atoms with Crippen LogP contribution in [0.1, 0.15) is 33.6 Å². The zero-order valence-corrected chi connectivity index (χ0v) is 12.9. The molecule has 0 unspecified atom stereocenters. The molecule has 0 aliphatic carbocycles. The van der Waals surface area contributed by atoms with E-state index in [-0.39, 0.29) is 22.1 Å². The van der Waals surface area contributed by atoms with Crippen LogP contribution in [0.4, 0.5) is 0 Å². The van der Waals surface area contributed by atoms with E-state index in [1.807, 2.05) is 0 Å². The van der Waals surface area contributed by atoms with Crippen LogP contribution < -0.4 is 10.0 Å². The first-order valence-electron chi connectivity index (χ1n) is 7.09. The molecule has 2 amide bonds. The summed E-state index contributed by atoms with van der Waals surface area (Å²) >= 11 is 0. The average molecular weight is 323 g/mol. The Morgan fingerprint density at radius 3 is 2.45 bits per heavy atom. The lowest BCUT2D eigenvalue weighted by Gasteiger charge is -2.23. The number of benzene rings is 1. The summed E-state index contributed by atoms with van der Waals surface area (Å²) in [5.41, 5.74) is 0.383. The van der Waals surface area contributed by atoms with Gasteiger partial charge in [-0.3, -0.25) is 14.5 Å². The summed E-state index contributed by atoms with van der Waals surface area (Å²) in [5.74, 6) is -0.880. The van der Waals surface area contributed by atoms with Crippen molar-refractivity contribution >= 4 is 21.8 Å². The summed E-state index contributed by atoms with van der Waals surface area (Å²) in [5, 5.41) is 3.17. The Kier molecular flexibility index (Phi) is 3.75. The predicted molar refractivity (Wildman–Crippen MR) is 79.1 cm³/mol. The highest BCUT2D eigenvalue weighted by Crippen LogP contribution is 2.24. The summed E-state index contributed by atoms with van der Waals surface area (Å²) in [6, 6.07) is 3.94. The van der Waals surface area contributed by atoms with Gasteiger partial charge in [0.05, 0.1) is 16.0 Å². The molecular formula is C14H17N3O4S. The third-order valence-corrected chi connectivity index (χ3v) is 5.55. The lowest BCUT2D eigenvalue weighted by molar-refractivity contribution is 0.0693. The summed E-state index contributed by atoms with van der Waals surface area (Å²) in [6.07, 6.45) is 1.45. The molecule has 0 radical (unpaired) electrons. The van der Waals surface area contributed by atoms with Crippen molar-refractivity contribution in [3.8, 4) is 0 Å². The zero-order valence-electron chi connectivity index (χ0n) is 12.1. The van der Waals surface area contributed by atoms with E-state index in [0.29, 0.717) is 0 Å². The molecule has 0 atom stereocenters. The molecule has 7 nitrogen and oxygen atoms in total. The number of rotatable bonds is 3. The second-order valence-electron chi connectivity index (χ2n) is 5.52. The van der Waals surface area contributed by atoms with Crippen molar-refractivity contribution in [1.29, 1.82) is 0 Å². The minimum atomic E-state index is -3.70. The number of carbonyl (C=O) groups is 2. The van der Waals surface area contributed by atoms with Crippen LogP contribution in [0.5, 0.6) is 0 Å². The van der Waals surface area contributed by atoms with E-state index in [1.54, 1.807) is 0 Å². The van der Waals surface area contributed by atoms with Crippen LogP contribution in [0.15, 0.2) is 23.1 Å². The molecule has 0 spiro atoms. The molecule has 22 heavy (non-hydrogen) atoms. The lowest BCUT2D eigenvalue weighted by Crippen LogP contribution is -2.42. The number of imide groups is 1. The fraction of sp³-hybridized carbons (Fsp3) is 0.429. The van der Waals surface area contributed by atoms with E-state index in [0.717, 1.165) is 30.8 Å². The number of carbonyl (C=O) groups excluding carboxylic acids is 2. The fourth-order valence-corrected chi connectivity index (χ4v) is 4.07. The van der Waals surface area contributed by atoms with Crippen LogP contribution in [0.3, 0.4) is 0 Å². The van der Waals surface area contributed by atoms with Crippen LogP contribution in [-0.4, -0.2) is 51.3 Å². The Bertz CT molecular complexity index is 738. The highest BCUT2D eigenvalue weighted by Gasteiger charge is 2.34. The monoisotopic (exact) mass is 323 g/mol. The standard InChI is InChI=1S/C14H17N3O4S/c1-17-13(18)11-3-2-10(8-12(11)14(17)19)22(20,21)16-9-4-6-15-7-5-9/h2-3,8-9,15-16H,4-7H2,1H3. The van der Waals surface area contributed by atoms with Gasteiger partial charge in [-0.15, -0.1) is 0 Å². The van der Waals surface area contributed by atoms with Crippen LogP contribution in [0.2, 0.25) is 0 Å². The van der Waals surface area contributed by atoms with Crippen LogP contribution in [0.25, 0.3) is 0 Å². The van der Waals surface area contributed by atoms with Crippen molar-refractivity contribution in [3.05, 3.63) is 29.3 Å². The molecule has 8 heteroatoms. The molecule has 0 bridgehead atoms. The van der Waals surface area contributed by atoms with Gasteiger partial charge in [0.1, 0.15) is 0 Å². The van der Waals surface area contributed by atoms with E-state index >= 15 is 0 Å². The van der Waals surface area contributed by atoms with E-state index in [1.165, 1.54) is 25.2 Å². The van der Waals surface area contributed by atoms with Gasteiger partial charge in [-0.1, -0.05) is 0 Å². The van der Waals surface area contributed by atoms with Gasteiger partial charge in [-0.25, -0.2) is 13.1 Å². The predicted octanol–water partition coefficient (Wildman–Crippen LogP) is -0.0573. The molecule has 2 heterocycles. The molecule has 118 valence electrons. The topological polar surface area (TPSA) is 95.6 Å². The van der Waals surface area contributed by atoms with Crippen molar-refractivity contribution < 1.29 is 18.0 Å². The largest absolute Gasteiger partial charge is 0.317 e. The first-order valence-corrected chi connectivity index (χ1v) is 8.58. The quantitative estimate of drug-likeness (QED) is 0.760. The lowest BCUT2D eigenvalue weighted by atomic mass is 10.1. The molecule has 1 aromatic carbocycles. The van der Waals surface area contributed by atoms with Gasteiger partial charge >= 0.3 is 0 Å². The second kappa shape index (κ2) is 5.45. The Balaban J connectivity index is 1.89. The van der Waals surface area contributed by atoms with Crippen LogP contribution in [-0.2, 0) is 10.0 Å². The van der Waals surface area contributed by atoms with Crippen LogP contribution >= 0.6 is 0 Å². The maximum absolute atomic E-state index is 12.4. The van der Waals surface area contributed by atoms with Gasteiger partial charge in [-0.2, -0.15) is 0 Å². The van der Waals surface area contributed by atoms with Crippen LogP contribution in [0, 0.1) is 0 Å². The van der Waals surface area contributed by atoms with Gasteiger partial charge in [0.2, 0.25) is 10.0 Å². The second-order valence-corrected chi connectivity index (χ2v) is 7.24. The number of hydrogen-bond acceptors (Lipinski definition) is 5. The number of nitrogens with zero attached hydrogens (tertiary/aromatic N) is 1. The summed E-state index contributed by atoms with van der Waals surface area (Å²) in [7, 11) is -2.32. The number of fused-ring (bicyclic) bond motifs is 1. The molecule has 0 saturated carbocycles. The summed E-state index contributed by atoms with van der Waals surface area (Å²) < 4.78 is 27.5. The van der Waals surface area contributed by atoms with Gasteiger partial charge in [-0.05, 0) is 44.1 Å². The fourth-order valence-electron chi connectivity index (χ4n) is 2.73. The minimum absolute atomic E-state index is 0.0150. The third-order valence-electron chi connectivity index (χ3n) is 4.03. The van der Waals surface area contributed by atoms with E-state index in [9.17, 15) is 18.0 Å². The molecule has 1 aromatic rings. The van der Waals surface area contributed by atoms with Gasteiger partial charge in [0.25, 0.3) is 11.8 Å². The number of piperidine rings is 1. The third kappa shape index (κ3) is 2.53. The first kappa shape index (κ1) is 15.1. The van der Waals surface area contributed by atoms with Crippen molar-refractivity contribution in [2.45, 2.75) is 23.8 Å². The van der Waals surface area contributed by atoms with E-state index < -0.39 is 21.8 Å². The van der Waals surface area contributed by atoms with Crippen molar-refractivity contribution in [1.82, 2.24) is 14.9 Å². The summed E-state index contributed by atoms with van der Waals surface area (Å²) in [4.78, 5) is 24.8. The van der Waals surface area contributed by atoms with Crippen molar-refractivity contribution in [2.75, 3.05) is 20.1 Å². The molecule has 2 aliphatic rings. The van der Waals surface area contributed by atoms with Gasteiger partial charge < -0.3 is 5.32 Å². The van der Waals surface area contributed by atoms with Gasteiger partial charge in [0.15, 0.2) is 0 Å².